The lowest BCUT2D eigenvalue weighted by Crippen LogP contribution is -2.39. The number of halogens is 2. The number of hydrogen-bond acceptors (Lipinski definition) is 4. The maximum Gasteiger partial charge on any atom is 0.191 e. The predicted octanol–water partition coefficient (Wildman–Crippen LogP) is 2.39. The molecule has 0 radical (unpaired) electrons. The van der Waals surface area contributed by atoms with Crippen molar-refractivity contribution < 1.29 is 4.74 Å². The summed E-state index contributed by atoms with van der Waals surface area (Å²) in [6.45, 7) is 8.09. The summed E-state index contributed by atoms with van der Waals surface area (Å²) in [6, 6.07) is 1.66. The molecule has 0 bridgehead atoms. The molecule has 0 aliphatic rings. The average Bonchev–Trinajstić information content (AvgIpc) is 2.49. The highest BCUT2D eigenvalue weighted by molar-refractivity contribution is 6.35. The lowest BCUT2D eigenvalue weighted by Gasteiger charge is -2.12. The molecule has 0 saturated heterocycles. The summed E-state index contributed by atoms with van der Waals surface area (Å²) >= 11 is 11.8. The van der Waals surface area contributed by atoms with Crippen LogP contribution in [0.15, 0.2) is 17.3 Å². The zero-order valence-corrected chi connectivity index (χ0v) is 14.5. The van der Waals surface area contributed by atoms with Crippen molar-refractivity contribution in [3.63, 3.8) is 0 Å². The third kappa shape index (κ3) is 7.68. The second-order valence-electron chi connectivity index (χ2n) is 4.30. The van der Waals surface area contributed by atoms with Gasteiger partial charge in [-0.05, 0) is 19.9 Å². The number of aromatic nitrogens is 1. The van der Waals surface area contributed by atoms with Gasteiger partial charge < -0.3 is 20.7 Å². The number of aliphatic imine (C=N–C) groups is 1. The van der Waals surface area contributed by atoms with Crippen LogP contribution in [-0.2, 0) is 4.74 Å². The first-order valence-corrected chi connectivity index (χ1v) is 8.07. The number of guanidine groups is 1. The molecule has 0 aromatic carbocycles. The zero-order chi connectivity index (χ0) is 16.2. The van der Waals surface area contributed by atoms with Gasteiger partial charge in [0.25, 0.3) is 0 Å². The Morgan fingerprint density at radius 3 is 2.77 bits per heavy atom. The summed E-state index contributed by atoms with van der Waals surface area (Å²) in [6.07, 6.45) is 1.56. The number of anilines is 1. The highest BCUT2D eigenvalue weighted by atomic mass is 35.5. The Morgan fingerprint density at radius 2 is 2.09 bits per heavy atom. The van der Waals surface area contributed by atoms with Crippen molar-refractivity contribution in [1.82, 2.24) is 15.6 Å². The van der Waals surface area contributed by atoms with Gasteiger partial charge in [-0.25, -0.2) is 4.98 Å². The van der Waals surface area contributed by atoms with Gasteiger partial charge in [0, 0.05) is 32.4 Å². The molecular weight excluding hydrogens is 325 g/mol. The molecule has 1 aromatic rings. The minimum atomic E-state index is 0.504. The molecule has 22 heavy (non-hydrogen) atoms. The number of rotatable bonds is 9. The van der Waals surface area contributed by atoms with E-state index in [0.717, 1.165) is 12.5 Å². The number of nitrogens with zero attached hydrogens (tertiary/aromatic N) is 2. The Morgan fingerprint density at radius 1 is 1.27 bits per heavy atom. The Labute approximate surface area is 141 Å². The van der Waals surface area contributed by atoms with E-state index >= 15 is 0 Å². The second-order valence-corrected chi connectivity index (χ2v) is 5.14. The molecule has 0 spiro atoms. The van der Waals surface area contributed by atoms with Gasteiger partial charge in [-0.1, -0.05) is 23.2 Å². The Bertz CT molecular complexity index is 471. The van der Waals surface area contributed by atoms with Gasteiger partial charge in [0.15, 0.2) is 5.96 Å². The van der Waals surface area contributed by atoms with E-state index in [1.165, 1.54) is 0 Å². The van der Waals surface area contributed by atoms with Gasteiger partial charge in [-0.15, -0.1) is 0 Å². The summed E-state index contributed by atoms with van der Waals surface area (Å²) in [5, 5.41) is 10.6. The highest BCUT2D eigenvalue weighted by Crippen LogP contribution is 2.21. The van der Waals surface area contributed by atoms with E-state index in [1.807, 2.05) is 13.8 Å². The smallest absolute Gasteiger partial charge is 0.191 e. The molecule has 0 aliphatic heterocycles. The van der Waals surface area contributed by atoms with Crippen molar-refractivity contribution in [2.45, 2.75) is 13.8 Å². The van der Waals surface area contributed by atoms with Gasteiger partial charge >= 0.3 is 0 Å². The molecular formula is C14H23Cl2N5O. The number of hydrogen-bond donors (Lipinski definition) is 3. The standard InChI is InChI=1S/C14H23Cl2N5O/c1-3-17-14(20-7-8-22-4-2)19-6-5-18-13-12(16)9-11(15)10-21-13/h9-10H,3-8H2,1-2H3,(H,18,21)(H2,17,19,20). The molecule has 1 rings (SSSR count). The quantitative estimate of drug-likeness (QED) is 0.363. The molecule has 0 atom stereocenters. The first kappa shape index (κ1) is 18.8. The summed E-state index contributed by atoms with van der Waals surface area (Å²) < 4.78 is 5.26. The van der Waals surface area contributed by atoms with E-state index in [9.17, 15) is 0 Å². The first-order valence-electron chi connectivity index (χ1n) is 7.32. The molecule has 1 aromatic heterocycles. The Balaban J connectivity index is 2.32. The fourth-order valence-electron chi connectivity index (χ4n) is 1.61. The minimum absolute atomic E-state index is 0.504. The van der Waals surface area contributed by atoms with Crippen molar-refractivity contribution in [2.24, 2.45) is 4.99 Å². The van der Waals surface area contributed by atoms with Crippen LogP contribution in [0.5, 0.6) is 0 Å². The third-order valence-corrected chi connectivity index (χ3v) is 3.07. The van der Waals surface area contributed by atoms with Crippen LogP contribution in [-0.4, -0.2) is 50.3 Å². The van der Waals surface area contributed by atoms with Crippen molar-refractivity contribution in [2.75, 3.05) is 44.7 Å². The van der Waals surface area contributed by atoms with Gasteiger partial charge in [-0.2, -0.15) is 0 Å². The van der Waals surface area contributed by atoms with E-state index in [4.69, 9.17) is 27.9 Å². The van der Waals surface area contributed by atoms with Crippen molar-refractivity contribution in [3.05, 3.63) is 22.3 Å². The third-order valence-electron chi connectivity index (χ3n) is 2.57. The molecule has 0 aliphatic carbocycles. The predicted molar refractivity (Wildman–Crippen MR) is 93.2 cm³/mol. The van der Waals surface area contributed by atoms with Crippen LogP contribution in [0.25, 0.3) is 0 Å². The molecule has 1 heterocycles. The van der Waals surface area contributed by atoms with Crippen LogP contribution < -0.4 is 16.0 Å². The Hall–Kier alpha value is -1.24. The first-order chi connectivity index (χ1) is 10.7. The number of ether oxygens (including phenoxy) is 1. The average molecular weight is 348 g/mol. The van der Waals surface area contributed by atoms with Crippen molar-refractivity contribution >= 4 is 35.0 Å². The van der Waals surface area contributed by atoms with Gasteiger partial charge in [0.2, 0.25) is 0 Å². The molecule has 124 valence electrons. The van der Waals surface area contributed by atoms with E-state index in [0.29, 0.717) is 48.7 Å². The van der Waals surface area contributed by atoms with Crippen molar-refractivity contribution in [1.29, 1.82) is 0 Å². The van der Waals surface area contributed by atoms with E-state index in [1.54, 1.807) is 12.3 Å². The highest BCUT2D eigenvalue weighted by Gasteiger charge is 2.02. The molecule has 0 amide bonds. The minimum Gasteiger partial charge on any atom is -0.380 e. The fraction of sp³-hybridized carbons (Fsp3) is 0.571. The number of pyridine rings is 1. The second kappa shape index (κ2) is 11.3. The van der Waals surface area contributed by atoms with Crippen molar-refractivity contribution in [3.8, 4) is 0 Å². The summed E-state index contributed by atoms with van der Waals surface area (Å²) in [7, 11) is 0. The normalized spacial score (nSPS) is 11.4. The van der Waals surface area contributed by atoms with Crippen LogP contribution in [0.3, 0.4) is 0 Å². The number of nitrogens with one attached hydrogen (secondary N) is 3. The van der Waals surface area contributed by atoms with E-state index in [2.05, 4.69) is 25.9 Å². The monoisotopic (exact) mass is 347 g/mol. The lowest BCUT2D eigenvalue weighted by molar-refractivity contribution is 0.155. The van der Waals surface area contributed by atoms with Gasteiger partial charge in [-0.3, -0.25) is 4.99 Å². The largest absolute Gasteiger partial charge is 0.380 e. The summed E-state index contributed by atoms with van der Waals surface area (Å²) in [5.74, 6) is 1.38. The molecule has 3 N–H and O–H groups in total. The van der Waals surface area contributed by atoms with Gasteiger partial charge in [0.05, 0.1) is 23.2 Å². The molecule has 0 saturated carbocycles. The SMILES string of the molecule is CCNC(=NCCOCC)NCCNc1ncc(Cl)cc1Cl. The lowest BCUT2D eigenvalue weighted by atomic mass is 10.4. The zero-order valence-electron chi connectivity index (χ0n) is 13.0. The van der Waals surface area contributed by atoms with Gasteiger partial charge in [0.1, 0.15) is 5.82 Å². The van der Waals surface area contributed by atoms with Crippen LogP contribution in [0.4, 0.5) is 5.82 Å². The summed E-state index contributed by atoms with van der Waals surface area (Å²) in [4.78, 5) is 8.54. The fourth-order valence-corrected chi connectivity index (χ4v) is 2.06. The molecule has 6 nitrogen and oxygen atoms in total. The molecule has 0 unspecified atom stereocenters. The summed E-state index contributed by atoms with van der Waals surface area (Å²) in [5.41, 5.74) is 0. The maximum absolute atomic E-state index is 6.04. The van der Waals surface area contributed by atoms with Crippen LogP contribution in [0, 0.1) is 0 Å². The molecule has 8 heteroatoms. The molecule has 0 fully saturated rings. The van der Waals surface area contributed by atoms with Crippen LogP contribution in [0.1, 0.15) is 13.8 Å². The van der Waals surface area contributed by atoms with Crippen LogP contribution >= 0.6 is 23.2 Å². The van der Waals surface area contributed by atoms with E-state index in [-0.39, 0.29) is 0 Å². The van der Waals surface area contributed by atoms with Crippen LogP contribution in [0.2, 0.25) is 10.0 Å². The van der Waals surface area contributed by atoms with E-state index < -0.39 is 0 Å². The maximum atomic E-state index is 6.04. The Kier molecular flexibility index (Phi) is 9.70. The topological polar surface area (TPSA) is 70.6 Å².